The van der Waals surface area contributed by atoms with Crippen LogP contribution in [-0.2, 0) is 11.8 Å². The molecule has 0 saturated heterocycles. The van der Waals surface area contributed by atoms with Gasteiger partial charge in [0.1, 0.15) is 0 Å². The summed E-state index contributed by atoms with van der Waals surface area (Å²) >= 11 is 0. The van der Waals surface area contributed by atoms with Crippen molar-refractivity contribution in [1.82, 2.24) is 14.8 Å². The van der Waals surface area contributed by atoms with Crippen LogP contribution in [0.5, 0.6) is 0 Å². The lowest BCUT2D eigenvalue weighted by Gasteiger charge is -2.42. The molecule has 7 heteroatoms. The third-order valence-electron chi connectivity index (χ3n) is 4.86. The van der Waals surface area contributed by atoms with Crippen molar-refractivity contribution < 1.29 is 14.7 Å². The van der Waals surface area contributed by atoms with Gasteiger partial charge in [0.2, 0.25) is 0 Å². The van der Waals surface area contributed by atoms with E-state index >= 15 is 0 Å². The second-order valence-corrected chi connectivity index (χ2v) is 6.93. The number of aromatic nitrogens is 1. The first-order valence-electron chi connectivity index (χ1n) is 8.35. The van der Waals surface area contributed by atoms with Crippen LogP contribution < -0.4 is 10.9 Å². The minimum absolute atomic E-state index is 0.0436. The molecule has 0 bridgehead atoms. The second kappa shape index (κ2) is 6.76. The first-order chi connectivity index (χ1) is 11.4. The van der Waals surface area contributed by atoms with Crippen molar-refractivity contribution in [3.8, 4) is 0 Å². The average molecular weight is 333 g/mol. The Balaban J connectivity index is 1.51. The number of carbonyl (C=O) groups excluding carboxylic acids is 1. The Bertz CT molecular complexity index is 689. The molecule has 1 aromatic heterocycles. The summed E-state index contributed by atoms with van der Waals surface area (Å²) in [6.07, 6.45) is 5.47. The van der Waals surface area contributed by atoms with E-state index in [2.05, 4.69) is 5.32 Å². The van der Waals surface area contributed by atoms with Gasteiger partial charge in [0.25, 0.3) is 11.5 Å². The van der Waals surface area contributed by atoms with E-state index in [1.165, 1.54) is 23.5 Å². The van der Waals surface area contributed by atoms with Gasteiger partial charge >= 0.3 is 5.97 Å². The van der Waals surface area contributed by atoms with Crippen LogP contribution in [-0.4, -0.2) is 51.6 Å². The highest BCUT2D eigenvalue weighted by atomic mass is 16.4. The summed E-state index contributed by atoms with van der Waals surface area (Å²) in [7, 11) is 1.64. The molecule has 2 aliphatic rings. The molecule has 1 heterocycles. The maximum Gasteiger partial charge on any atom is 0.317 e. The molecule has 0 unspecified atom stereocenters. The zero-order chi connectivity index (χ0) is 17.3. The molecule has 2 fully saturated rings. The third-order valence-corrected chi connectivity index (χ3v) is 4.86. The topological polar surface area (TPSA) is 91.6 Å². The molecular formula is C17H23N3O4. The summed E-state index contributed by atoms with van der Waals surface area (Å²) in [4.78, 5) is 36.8. The van der Waals surface area contributed by atoms with Gasteiger partial charge in [0.05, 0.1) is 6.54 Å². The zero-order valence-corrected chi connectivity index (χ0v) is 13.8. The van der Waals surface area contributed by atoms with E-state index in [9.17, 15) is 14.4 Å². The molecule has 1 amide bonds. The number of aryl methyl sites for hydroxylation is 1. The summed E-state index contributed by atoms with van der Waals surface area (Å²) in [5.74, 6) is -0.412. The van der Waals surface area contributed by atoms with E-state index in [0.29, 0.717) is 11.5 Å². The first-order valence-corrected chi connectivity index (χ1v) is 8.35. The Morgan fingerprint density at radius 1 is 1.38 bits per heavy atom. The molecule has 0 aromatic carbocycles. The monoisotopic (exact) mass is 333 g/mol. The van der Waals surface area contributed by atoms with Crippen LogP contribution >= 0.6 is 0 Å². The first kappa shape index (κ1) is 16.7. The molecule has 2 saturated carbocycles. The normalized spacial score (nSPS) is 22.9. The molecule has 3 rings (SSSR count). The van der Waals surface area contributed by atoms with Gasteiger partial charge in [-0.3, -0.25) is 19.3 Å². The molecule has 0 spiro atoms. The summed E-state index contributed by atoms with van der Waals surface area (Å²) in [6.45, 7) is 0.906. The Morgan fingerprint density at radius 2 is 2.08 bits per heavy atom. The van der Waals surface area contributed by atoms with Crippen molar-refractivity contribution in [1.29, 1.82) is 0 Å². The standard InChI is InChI=1S/C17H23N3O4/c1-19-5-4-12(6-15(19)21)17(24)18-13-7-14(8-13)20(10-16(22)23)9-11-2-3-11/h4-6,11,13-14H,2-3,7-10H2,1H3,(H,18,24)(H,22,23). The van der Waals surface area contributed by atoms with Crippen molar-refractivity contribution >= 4 is 11.9 Å². The lowest BCUT2D eigenvalue weighted by molar-refractivity contribution is -0.139. The zero-order valence-electron chi connectivity index (χ0n) is 13.8. The Labute approximate surface area is 140 Å². The van der Waals surface area contributed by atoms with Crippen LogP contribution in [0.4, 0.5) is 0 Å². The Morgan fingerprint density at radius 3 is 2.67 bits per heavy atom. The van der Waals surface area contributed by atoms with Gasteiger partial charge in [-0.1, -0.05) is 0 Å². The third kappa shape index (κ3) is 4.03. The number of carboxylic acids is 1. The average Bonchev–Trinajstić information content (AvgIpc) is 3.28. The quantitative estimate of drug-likeness (QED) is 0.756. The van der Waals surface area contributed by atoms with Crippen molar-refractivity contribution in [3.05, 3.63) is 34.2 Å². The molecule has 130 valence electrons. The van der Waals surface area contributed by atoms with Gasteiger partial charge in [-0.25, -0.2) is 0 Å². The number of hydrogen-bond donors (Lipinski definition) is 2. The largest absolute Gasteiger partial charge is 0.480 e. The molecule has 2 N–H and O–H groups in total. The number of carboxylic acid groups (broad SMARTS) is 1. The van der Waals surface area contributed by atoms with E-state index in [1.54, 1.807) is 19.3 Å². The van der Waals surface area contributed by atoms with Gasteiger partial charge in [0, 0.05) is 43.5 Å². The van der Waals surface area contributed by atoms with Crippen LogP contribution in [0.2, 0.25) is 0 Å². The van der Waals surface area contributed by atoms with Gasteiger partial charge in [0.15, 0.2) is 0 Å². The number of rotatable bonds is 7. The predicted octanol–water partition coefficient (Wildman–Crippen LogP) is 0.443. The molecule has 2 aliphatic carbocycles. The van der Waals surface area contributed by atoms with Crippen molar-refractivity contribution in [2.75, 3.05) is 13.1 Å². The van der Waals surface area contributed by atoms with Crippen molar-refractivity contribution in [2.24, 2.45) is 13.0 Å². The Kier molecular flexibility index (Phi) is 4.71. The number of amides is 1. The Hall–Kier alpha value is -2.15. The minimum Gasteiger partial charge on any atom is -0.480 e. The number of carbonyl (C=O) groups is 2. The van der Waals surface area contributed by atoms with E-state index in [4.69, 9.17) is 5.11 Å². The maximum absolute atomic E-state index is 12.2. The summed E-state index contributed by atoms with van der Waals surface area (Å²) < 4.78 is 1.41. The lowest BCUT2D eigenvalue weighted by atomic mass is 9.85. The summed E-state index contributed by atoms with van der Waals surface area (Å²) in [6, 6.07) is 3.21. The van der Waals surface area contributed by atoms with E-state index in [0.717, 1.165) is 19.4 Å². The predicted molar refractivity (Wildman–Crippen MR) is 87.9 cm³/mol. The summed E-state index contributed by atoms with van der Waals surface area (Å²) in [5, 5.41) is 12.0. The molecule has 0 aliphatic heterocycles. The molecule has 24 heavy (non-hydrogen) atoms. The van der Waals surface area contributed by atoms with Gasteiger partial charge in [-0.2, -0.15) is 0 Å². The molecule has 0 atom stereocenters. The molecule has 7 nitrogen and oxygen atoms in total. The molecule has 0 radical (unpaired) electrons. The number of hydrogen-bond acceptors (Lipinski definition) is 4. The fourth-order valence-corrected chi connectivity index (χ4v) is 3.11. The van der Waals surface area contributed by atoms with Crippen LogP contribution in [0.25, 0.3) is 0 Å². The minimum atomic E-state index is -0.803. The van der Waals surface area contributed by atoms with E-state index in [1.807, 2.05) is 4.90 Å². The highest BCUT2D eigenvalue weighted by Gasteiger charge is 2.37. The van der Waals surface area contributed by atoms with Crippen LogP contribution in [0.1, 0.15) is 36.0 Å². The highest BCUT2D eigenvalue weighted by Crippen LogP contribution is 2.33. The fraction of sp³-hybridized carbons (Fsp3) is 0.588. The summed E-state index contributed by atoms with van der Waals surface area (Å²) in [5.41, 5.74) is 0.146. The van der Waals surface area contributed by atoms with Crippen molar-refractivity contribution in [3.63, 3.8) is 0 Å². The lowest BCUT2D eigenvalue weighted by Crippen LogP contribution is -2.55. The van der Waals surface area contributed by atoms with Gasteiger partial charge < -0.3 is 15.0 Å². The molecular weight excluding hydrogens is 310 g/mol. The number of pyridine rings is 1. The number of nitrogens with zero attached hydrogens (tertiary/aromatic N) is 2. The molecule has 1 aromatic rings. The van der Waals surface area contributed by atoms with E-state index in [-0.39, 0.29) is 30.1 Å². The van der Waals surface area contributed by atoms with Gasteiger partial charge in [-0.05, 0) is 37.7 Å². The van der Waals surface area contributed by atoms with Crippen LogP contribution in [0.15, 0.2) is 23.1 Å². The SMILES string of the molecule is Cn1ccc(C(=O)NC2CC(N(CC(=O)O)CC3CC3)C2)cc1=O. The van der Waals surface area contributed by atoms with Crippen LogP contribution in [0.3, 0.4) is 0 Å². The van der Waals surface area contributed by atoms with Crippen LogP contribution in [0, 0.1) is 5.92 Å². The second-order valence-electron chi connectivity index (χ2n) is 6.93. The number of nitrogens with one attached hydrogen (secondary N) is 1. The maximum atomic E-state index is 12.2. The van der Waals surface area contributed by atoms with Crippen molar-refractivity contribution in [2.45, 2.75) is 37.8 Å². The van der Waals surface area contributed by atoms with E-state index < -0.39 is 5.97 Å². The number of aliphatic carboxylic acids is 1. The van der Waals surface area contributed by atoms with Gasteiger partial charge in [-0.15, -0.1) is 0 Å². The fourth-order valence-electron chi connectivity index (χ4n) is 3.11. The smallest absolute Gasteiger partial charge is 0.317 e. The highest BCUT2D eigenvalue weighted by molar-refractivity contribution is 5.94.